The fraction of sp³-hybridized carbons (Fsp3) is 0.0769. The normalized spacial score (nSPS) is 12.9. The molecule has 1 amide bonds. The molecule has 1 aromatic heterocycles. The van der Waals surface area contributed by atoms with E-state index in [2.05, 4.69) is 5.32 Å². The number of aromatic carboxylic acids is 1. The lowest BCUT2D eigenvalue weighted by Gasteiger charge is -2.20. The second-order valence-electron chi connectivity index (χ2n) is 8.12. The van der Waals surface area contributed by atoms with Crippen LogP contribution in [0.2, 0.25) is 5.02 Å². The molecule has 0 spiro atoms. The predicted octanol–water partition coefficient (Wildman–Crippen LogP) is 5.77. The average molecular weight is 539 g/mol. The number of amides is 1. The zero-order valence-electron chi connectivity index (χ0n) is 18.6. The van der Waals surface area contributed by atoms with Gasteiger partial charge in [-0.05, 0) is 77.5 Å². The number of fused-ring (bicyclic) bond motifs is 1. The molecule has 4 aromatic rings. The van der Waals surface area contributed by atoms with Gasteiger partial charge in [-0.2, -0.15) is 0 Å². The summed E-state index contributed by atoms with van der Waals surface area (Å²) in [4.78, 5) is 25.8. The highest BCUT2D eigenvalue weighted by atomic mass is 35.5. The van der Waals surface area contributed by atoms with Crippen molar-refractivity contribution in [1.29, 1.82) is 0 Å². The summed E-state index contributed by atoms with van der Waals surface area (Å²) in [5, 5.41) is 14.7. The first-order valence-corrected chi connectivity index (χ1v) is 13.6. The van der Waals surface area contributed by atoms with Crippen molar-refractivity contribution in [2.75, 3.05) is 16.2 Å². The van der Waals surface area contributed by atoms with E-state index in [0.29, 0.717) is 17.1 Å². The minimum atomic E-state index is -3.93. The van der Waals surface area contributed by atoms with Crippen LogP contribution in [0.25, 0.3) is 10.4 Å². The van der Waals surface area contributed by atoms with Gasteiger partial charge in [0, 0.05) is 22.0 Å². The molecule has 0 aliphatic carbocycles. The second kappa shape index (κ2) is 9.42. The van der Waals surface area contributed by atoms with Crippen molar-refractivity contribution in [1.82, 2.24) is 0 Å². The standard InChI is InChI=1S/C26H19ClN2O5S2/c27-19-7-9-23-16(13-19)10-11-29(23)36(33,34)20-4-1-3-18(14-20)25(30)28-22-8-6-17(15-21(22)26(31)32)24-5-2-12-35-24/h1-9,12-15H,10-11H2,(H,28,30)(H,31,32). The summed E-state index contributed by atoms with van der Waals surface area (Å²) in [6, 6.07) is 19.3. The Morgan fingerprint density at radius 2 is 1.83 bits per heavy atom. The number of nitrogens with zero attached hydrogens (tertiary/aromatic N) is 1. The van der Waals surface area contributed by atoms with Gasteiger partial charge >= 0.3 is 5.97 Å². The maximum atomic E-state index is 13.4. The second-order valence-corrected chi connectivity index (χ2v) is 11.4. The fourth-order valence-electron chi connectivity index (χ4n) is 4.14. The van der Waals surface area contributed by atoms with Crippen molar-refractivity contribution < 1.29 is 23.1 Å². The molecule has 0 bridgehead atoms. The van der Waals surface area contributed by atoms with Gasteiger partial charge in [-0.25, -0.2) is 13.2 Å². The summed E-state index contributed by atoms with van der Waals surface area (Å²) in [7, 11) is -3.93. The molecule has 3 aromatic carbocycles. The molecular weight excluding hydrogens is 520 g/mol. The van der Waals surface area contributed by atoms with Crippen molar-refractivity contribution in [2.24, 2.45) is 0 Å². The van der Waals surface area contributed by atoms with Gasteiger partial charge in [-0.15, -0.1) is 11.3 Å². The third-order valence-corrected chi connectivity index (χ3v) is 8.85. The van der Waals surface area contributed by atoms with Crippen LogP contribution in [0.15, 0.2) is 83.1 Å². The Morgan fingerprint density at radius 1 is 1.00 bits per heavy atom. The summed E-state index contributed by atoms with van der Waals surface area (Å²) < 4.78 is 28.1. The van der Waals surface area contributed by atoms with Gasteiger partial charge in [0.1, 0.15) is 0 Å². The number of carbonyl (C=O) groups excluding carboxylic acids is 1. The molecule has 0 atom stereocenters. The molecule has 0 saturated heterocycles. The Bertz CT molecular complexity index is 1600. The van der Waals surface area contributed by atoms with Gasteiger partial charge in [0.15, 0.2) is 0 Å². The Balaban J connectivity index is 1.42. The van der Waals surface area contributed by atoms with E-state index in [1.165, 1.54) is 52.0 Å². The van der Waals surface area contributed by atoms with Crippen LogP contribution < -0.4 is 9.62 Å². The Hall–Kier alpha value is -3.66. The largest absolute Gasteiger partial charge is 0.478 e. The highest BCUT2D eigenvalue weighted by Crippen LogP contribution is 2.35. The first kappa shape index (κ1) is 24.1. The third-order valence-electron chi connectivity index (χ3n) is 5.88. The predicted molar refractivity (Wildman–Crippen MR) is 141 cm³/mol. The van der Waals surface area contributed by atoms with E-state index in [-0.39, 0.29) is 28.3 Å². The van der Waals surface area contributed by atoms with Crippen molar-refractivity contribution in [3.05, 3.63) is 99.9 Å². The first-order valence-electron chi connectivity index (χ1n) is 10.9. The molecule has 0 radical (unpaired) electrons. The maximum absolute atomic E-state index is 13.4. The molecule has 0 unspecified atom stereocenters. The summed E-state index contributed by atoms with van der Waals surface area (Å²) in [6.07, 6.45) is 0.536. The number of benzene rings is 3. The number of carboxylic acid groups (broad SMARTS) is 1. The molecule has 182 valence electrons. The molecule has 10 heteroatoms. The SMILES string of the molecule is O=C(Nc1ccc(-c2cccs2)cc1C(=O)O)c1cccc(S(=O)(=O)N2CCc3cc(Cl)ccc32)c1. The molecule has 0 saturated carbocycles. The van der Waals surface area contributed by atoms with Crippen molar-refractivity contribution in [3.8, 4) is 10.4 Å². The van der Waals surface area contributed by atoms with Gasteiger partial charge in [-0.1, -0.05) is 29.8 Å². The van der Waals surface area contributed by atoms with E-state index in [9.17, 15) is 23.1 Å². The van der Waals surface area contributed by atoms with Crippen LogP contribution in [0, 0.1) is 0 Å². The summed E-state index contributed by atoms with van der Waals surface area (Å²) in [5.41, 5.74) is 2.26. The lowest BCUT2D eigenvalue weighted by atomic mass is 10.1. The number of carbonyl (C=O) groups is 2. The van der Waals surface area contributed by atoms with Crippen LogP contribution in [0.5, 0.6) is 0 Å². The van der Waals surface area contributed by atoms with E-state index in [1.807, 2.05) is 17.5 Å². The molecule has 2 N–H and O–H groups in total. The number of hydrogen-bond acceptors (Lipinski definition) is 5. The van der Waals surface area contributed by atoms with Crippen LogP contribution in [0.3, 0.4) is 0 Å². The smallest absolute Gasteiger partial charge is 0.337 e. The number of sulfonamides is 1. The number of rotatable bonds is 6. The molecule has 1 aliphatic heterocycles. The van der Waals surface area contributed by atoms with E-state index in [1.54, 1.807) is 24.3 Å². The van der Waals surface area contributed by atoms with E-state index in [4.69, 9.17) is 11.6 Å². The number of carboxylic acids is 1. The first-order chi connectivity index (χ1) is 17.2. The number of halogens is 1. The monoisotopic (exact) mass is 538 g/mol. The van der Waals surface area contributed by atoms with Crippen LogP contribution >= 0.6 is 22.9 Å². The number of nitrogens with one attached hydrogen (secondary N) is 1. The minimum Gasteiger partial charge on any atom is -0.478 e. The highest BCUT2D eigenvalue weighted by Gasteiger charge is 2.31. The van der Waals surface area contributed by atoms with Crippen LogP contribution in [0.1, 0.15) is 26.3 Å². The Labute approximate surface area is 216 Å². The Morgan fingerprint density at radius 3 is 2.58 bits per heavy atom. The Kier molecular flexibility index (Phi) is 6.29. The van der Waals surface area contributed by atoms with Crippen LogP contribution in [-0.2, 0) is 16.4 Å². The molecule has 0 fully saturated rings. The van der Waals surface area contributed by atoms with Gasteiger partial charge in [0.25, 0.3) is 15.9 Å². The minimum absolute atomic E-state index is 0.0375. The molecule has 5 rings (SSSR count). The zero-order chi connectivity index (χ0) is 25.4. The number of anilines is 2. The molecular formula is C26H19ClN2O5S2. The summed E-state index contributed by atoms with van der Waals surface area (Å²) in [6.45, 7) is 0.271. The molecule has 1 aliphatic rings. The van der Waals surface area contributed by atoms with Crippen LogP contribution in [0.4, 0.5) is 11.4 Å². The van der Waals surface area contributed by atoms with Gasteiger partial charge in [-0.3, -0.25) is 9.10 Å². The summed E-state index contributed by atoms with van der Waals surface area (Å²) in [5.74, 6) is -1.81. The van der Waals surface area contributed by atoms with Gasteiger partial charge < -0.3 is 10.4 Å². The van der Waals surface area contributed by atoms with Gasteiger partial charge in [0.2, 0.25) is 0 Å². The third kappa shape index (κ3) is 4.48. The van der Waals surface area contributed by atoms with E-state index < -0.39 is 21.9 Å². The maximum Gasteiger partial charge on any atom is 0.337 e. The number of thiophene rings is 1. The van der Waals surface area contributed by atoms with E-state index in [0.717, 1.165) is 16.0 Å². The van der Waals surface area contributed by atoms with Crippen molar-refractivity contribution in [2.45, 2.75) is 11.3 Å². The molecule has 2 heterocycles. The van der Waals surface area contributed by atoms with Crippen molar-refractivity contribution in [3.63, 3.8) is 0 Å². The van der Waals surface area contributed by atoms with Crippen molar-refractivity contribution >= 4 is 56.2 Å². The lowest BCUT2D eigenvalue weighted by molar-refractivity contribution is 0.0698. The van der Waals surface area contributed by atoms with E-state index >= 15 is 0 Å². The lowest BCUT2D eigenvalue weighted by Crippen LogP contribution is -2.29. The zero-order valence-corrected chi connectivity index (χ0v) is 21.0. The fourth-order valence-corrected chi connectivity index (χ4v) is 6.60. The highest BCUT2D eigenvalue weighted by molar-refractivity contribution is 7.92. The summed E-state index contributed by atoms with van der Waals surface area (Å²) >= 11 is 7.52. The quantitative estimate of drug-likeness (QED) is 0.324. The topological polar surface area (TPSA) is 104 Å². The van der Waals surface area contributed by atoms with Crippen LogP contribution in [-0.4, -0.2) is 31.9 Å². The number of hydrogen-bond donors (Lipinski definition) is 2. The molecule has 7 nitrogen and oxygen atoms in total. The molecule has 36 heavy (non-hydrogen) atoms. The van der Waals surface area contributed by atoms with Gasteiger partial charge in [0.05, 0.1) is 21.8 Å². The average Bonchev–Trinajstić information content (AvgIpc) is 3.54.